The van der Waals surface area contributed by atoms with Crippen LogP contribution < -0.4 is 14.8 Å². The first-order valence-electron chi connectivity index (χ1n) is 13.3. The average molecular weight is 514 g/mol. The SMILES string of the molecule is COc1cc2c(cc1OCc1ccccc1)CCNC2/C=C/c1cc(-c2ccc3nccnc3c2)ccc1C. The summed E-state index contributed by atoms with van der Waals surface area (Å²) in [5, 5.41) is 3.66. The second-order valence-corrected chi connectivity index (χ2v) is 9.85. The maximum Gasteiger partial charge on any atom is 0.161 e. The molecule has 1 unspecified atom stereocenters. The third-order valence-electron chi connectivity index (χ3n) is 7.31. The number of benzene rings is 4. The van der Waals surface area contributed by atoms with Crippen molar-refractivity contribution in [3.63, 3.8) is 0 Å². The van der Waals surface area contributed by atoms with E-state index in [2.05, 4.69) is 89.0 Å². The maximum absolute atomic E-state index is 6.17. The summed E-state index contributed by atoms with van der Waals surface area (Å²) in [6.45, 7) is 3.57. The van der Waals surface area contributed by atoms with Crippen molar-refractivity contribution in [1.82, 2.24) is 15.3 Å². The van der Waals surface area contributed by atoms with Crippen molar-refractivity contribution in [1.29, 1.82) is 0 Å². The molecule has 0 saturated heterocycles. The molecule has 0 saturated carbocycles. The van der Waals surface area contributed by atoms with Crippen LogP contribution in [0.1, 0.15) is 33.9 Å². The first-order chi connectivity index (χ1) is 19.2. The molecule has 1 aliphatic heterocycles. The highest BCUT2D eigenvalue weighted by Crippen LogP contribution is 2.36. The molecule has 194 valence electrons. The van der Waals surface area contributed by atoms with E-state index in [-0.39, 0.29) is 6.04 Å². The number of ether oxygens (including phenoxy) is 2. The topological polar surface area (TPSA) is 56.3 Å². The summed E-state index contributed by atoms with van der Waals surface area (Å²) in [4.78, 5) is 8.86. The van der Waals surface area contributed by atoms with Crippen molar-refractivity contribution in [2.75, 3.05) is 13.7 Å². The number of rotatable bonds is 7. The second kappa shape index (κ2) is 11.1. The van der Waals surface area contributed by atoms with Gasteiger partial charge in [0.25, 0.3) is 0 Å². The van der Waals surface area contributed by atoms with Gasteiger partial charge in [0, 0.05) is 18.9 Å². The second-order valence-electron chi connectivity index (χ2n) is 9.85. The van der Waals surface area contributed by atoms with Crippen LogP contribution in [-0.4, -0.2) is 23.6 Å². The van der Waals surface area contributed by atoms with Crippen LogP contribution >= 0.6 is 0 Å². The maximum atomic E-state index is 6.17. The Kier molecular flexibility index (Phi) is 7.07. The molecule has 1 atom stereocenters. The summed E-state index contributed by atoms with van der Waals surface area (Å²) in [6, 6.07) is 27.4. The van der Waals surface area contributed by atoms with Gasteiger partial charge in [-0.1, -0.05) is 60.7 Å². The summed E-state index contributed by atoms with van der Waals surface area (Å²) >= 11 is 0. The Morgan fingerprint density at radius 2 is 1.67 bits per heavy atom. The van der Waals surface area contributed by atoms with Gasteiger partial charge in [0.1, 0.15) is 6.61 Å². The van der Waals surface area contributed by atoms with E-state index in [1.807, 2.05) is 24.3 Å². The summed E-state index contributed by atoms with van der Waals surface area (Å²) in [5.41, 5.74) is 10.2. The molecule has 1 aliphatic rings. The molecule has 0 bridgehead atoms. The number of fused-ring (bicyclic) bond motifs is 2. The van der Waals surface area contributed by atoms with Crippen LogP contribution in [0.15, 0.2) is 97.3 Å². The van der Waals surface area contributed by atoms with Gasteiger partial charge in [0.15, 0.2) is 11.5 Å². The summed E-state index contributed by atoms with van der Waals surface area (Å²) in [5.74, 6) is 1.54. The van der Waals surface area contributed by atoms with E-state index in [4.69, 9.17) is 9.47 Å². The number of hydrogen-bond acceptors (Lipinski definition) is 5. The minimum Gasteiger partial charge on any atom is -0.493 e. The molecular formula is C34H31N3O2. The lowest BCUT2D eigenvalue weighted by Crippen LogP contribution is -2.28. The number of nitrogens with zero attached hydrogens (tertiary/aromatic N) is 2. The molecule has 1 N–H and O–H groups in total. The van der Waals surface area contributed by atoms with Crippen LogP contribution in [-0.2, 0) is 13.0 Å². The van der Waals surface area contributed by atoms with Crippen LogP contribution in [0.25, 0.3) is 28.2 Å². The van der Waals surface area contributed by atoms with Crippen LogP contribution in [0, 0.1) is 6.92 Å². The van der Waals surface area contributed by atoms with Gasteiger partial charge in [-0.3, -0.25) is 9.97 Å². The molecule has 5 heteroatoms. The van der Waals surface area contributed by atoms with Crippen molar-refractivity contribution in [3.8, 4) is 22.6 Å². The molecule has 39 heavy (non-hydrogen) atoms. The van der Waals surface area contributed by atoms with Gasteiger partial charge in [-0.15, -0.1) is 0 Å². The zero-order valence-electron chi connectivity index (χ0n) is 22.2. The fraction of sp³-hybridized carbons (Fsp3) is 0.176. The average Bonchev–Trinajstić information content (AvgIpc) is 2.99. The van der Waals surface area contributed by atoms with Gasteiger partial charge in [-0.25, -0.2) is 0 Å². The Bertz CT molecular complexity index is 1650. The molecule has 5 aromatic rings. The fourth-order valence-corrected chi connectivity index (χ4v) is 5.12. The van der Waals surface area contributed by atoms with E-state index in [9.17, 15) is 0 Å². The third kappa shape index (κ3) is 5.40. The molecular weight excluding hydrogens is 482 g/mol. The van der Waals surface area contributed by atoms with Gasteiger partial charge >= 0.3 is 0 Å². The zero-order valence-corrected chi connectivity index (χ0v) is 22.2. The Morgan fingerprint density at radius 3 is 2.51 bits per heavy atom. The van der Waals surface area contributed by atoms with Gasteiger partial charge in [0.05, 0.1) is 24.2 Å². The number of methoxy groups -OCH3 is 1. The molecule has 0 amide bonds. The van der Waals surface area contributed by atoms with E-state index >= 15 is 0 Å². The molecule has 0 spiro atoms. The third-order valence-corrected chi connectivity index (χ3v) is 7.31. The molecule has 0 aliphatic carbocycles. The van der Waals surface area contributed by atoms with E-state index in [0.29, 0.717) is 6.61 Å². The lowest BCUT2D eigenvalue weighted by atomic mass is 9.92. The quantitative estimate of drug-likeness (QED) is 0.252. The Hall–Kier alpha value is -4.48. The van der Waals surface area contributed by atoms with Crippen LogP contribution in [0.4, 0.5) is 0 Å². The molecule has 4 aromatic carbocycles. The van der Waals surface area contributed by atoms with Crippen LogP contribution in [0.3, 0.4) is 0 Å². The smallest absolute Gasteiger partial charge is 0.161 e. The molecule has 2 heterocycles. The molecule has 6 rings (SSSR count). The zero-order chi connectivity index (χ0) is 26.6. The highest BCUT2D eigenvalue weighted by atomic mass is 16.5. The van der Waals surface area contributed by atoms with Gasteiger partial charge in [0.2, 0.25) is 0 Å². The first-order valence-corrected chi connectivity index (χ1v) is 13.3. The van der Waals surface area contributed by atoms with E-state index < -0.39 is 0 Å². The summed E-state index contributed by atoms with van der Waals surface area (Å²) in [6.07, 6.45) is 8.88. The minimum absolute atomic E-state index is 0.0878. The first kappa shape index (κ1) is 24.8. The normalized spacial score (nSPS) is 14.9. The number of aryl methyl sites for hydroxylation is 1. The fourth-order valence-electron chi connectivity index (χ4n) is 5.12. The Balaban J connectivity index is 1.26. The molecule has 0 radical (unpaired) electrons. The number of nitrogens with one attached hydrogen (secondary N) is 1. The van der Waals surface area contributed by atoms with E-state index in [0.717, 1.165) is 52.2 Å². The molecule has 1 aromatic heterocycles. The van der Waals surface area contributed by atoms with Crippen LogP contribution in [0.2, 0.25) is 0 Å². The van der Waals surface area contributed by atoms with Gasteiger partial charge in [-0.05, 0) is 82.6 Å². The highest BCUT2D eigenvalue weighted by molar-refractivity contribution is 5.81. The van der Waals surface area contributed by atoms with Crippen molar-refractivity contribution in [2.45, 2.75) is 26.0 Å². The van der Waals surface area contributed by atoms with Crippen LogP contribution in [0.5, 0.6) is 11.5 Å². The van der Waals surface area contributed by atoms with E-state index in [1.54, 1.807) is 19.5 Å². The lowest BCUT2D eigenvalue weighted by molar-refractivity contribution is 0.283. The molecule has 0 fully saturated rings. The minimum atomic E-state index is 0.0878. The van der Waals surface area contributed by atoms with Gasteiger partial charge in [-0.2, -0.15) is 0 Å². The van der Waals surface area contributed by atoms with Crippen molar-refractivity contribution in [3.05, 3.63) is 125 Å². The summed E-state index contributed by atoms with van der Waals surface area (Å²) in [7, 11) is 1.70. The Morgan fingerprint density at radius 1 is 0.872 bits per heavy atom. The molecule has 5 nitrogen and oxygen atoms in total. The number of aromatic nitrogens is 2. The van der Waals surface area contributed by atoms with Crippen molar-refractivity contribution in [2.24, 2.45) is 0 Å². The predicted octanol–water partition coefficient (Wildman–Crippen LogP) is 7.09. The predicted molar refractivity (Wildman–Crippen MR) is 157 cm³/mol. The van der Waals surface area contributed by atoms with Gasteiger partial charge < -0.3 is 14.8 Å². The lowest BCUT2D eigenvalue weighted by Gasteiger charge is -2.26. The monoisotopic (exact) mass is 513 g/mol. The Labute approximate surface area is 229 Å². The van der Waals surface area contributed by atoms with Crippen molar-refractivity contribution >= 4 is 17.1 Å². The highest BCUT2D eigenvalue weighted by Gasteiger charge is 2.21. The standard InChI is InChI=1S/C34H31N3O2/c1-23-8-9-26(27-11-13-31-32(19-27)37-17-16-36-31)18-25(23)10-12-30-29-21-33(38-2)34(20-28(29)14-15-35-30)39-22-24-6-4-3-5-7-24/h3-13,16-21,30,35H,14-15,22H2,1-2H3/b12-10+. The largest absolute Gasteiger partial charge is 0.493 e. The number of hydrogen-bond donors (Lipinski definition) is 1. The van der Waals surface area contributed by atoms with Crippen molar-refractivity contribution < 1.29 is 9.47 Å². The van der Waals surface area contributed by atoms with E-state index in [1.165, 1.54) is 22.3 Å². The summed E-state index contributed by atoms with van der Waals surface area (Å²) < 4.78 is 11.9.